The average Bonchev–Trinajstić information content (AvgIpc) is 2.89. The van der Waals surface area contributed by atoms with Crippen LogP contribution in [0.5, 0.6) is 5.75 Å². The number of carbonyl (C=O) groups is 1. The van der Waals surface area contributed by atoms with E-state index in [-0.39, 0.29) is 11.3 Å². The van der Waals surface area contributed by atoms with Gasteiger partial charge in [-0.2, -0.15) is 5.10 Å². The SMILES string of the molecule is Cc1cc(/C=N\NC(=O)c2ccccc2O)c(C)n1-c1cccc(Br)c1. The maximum atomic E-state index is 12.1. The van der Waals surface area contributed by atoms with Crippen molar-refractivity contribution in [3.05, 3.63) is 81.6 Å². The molecule has 2 N–H and O–H groups in total. The second kappa shape index (κ2) is 7.58. The number of hydrogen-bond donors (Lipinski definition) is 2. The molecular weight excluding hydrogens is 394 g/mol. The van der Waals surface area contributed by atoms with Gasteiger partial charge in [0.1, 0.15) is 5.75 Å². The lowest BCUT2D eigenvalue weighted by Gasteiger charge is -2.09. The number of halogens is 1. The number of aryl methyl sites for hydroxylation is 1. The molecule has 0 aliphatic carbocycles. The first-order valence-electron chi connectivity index (χ1n) is 8.03. The standard InChI is InChI=1S/C20H18BrN3O2/c1-13-10-15(14(2)24(13)17-7-5-6-16(21)11-17)12-22-23-20(26)18-8-3-4-9-19(18)25/h3-12,25H,1-2H3,(H,23,26)/b22-12-. The van der Waals surface area contributed by atoms with Crippen LogP contribution in [0.15, 0.2) is 64.2 Å². The second-order valence-corrected chi connectivity index (χ2v) is 6.77. The van der Waals surface area contributed by atoms with Gasteiger partial charge in [-0.1, -0.05) is 34.1 Å². The number of phenols is 1. The number of nitrogens with one attached hydrogen (secondary N) is 1. The molecule has 0 aliphatic rings. The van der Waals surface area contributed by atoms with Gasteiger partial charge in [0.05, 0.1) is 11.8 Å². The number of amides is 1. The predicted octanol–water partition coefficient (Wildman–Crippen LogP) is 4.33. The highest BCUT2D eigenvalue weighted by Gasteiger charge is 2.11. The van der Waals surface area contributed by atoms with Gasteiger partial charge in [0, 0.05) is 27.1 Å². The molecule has 0 fully saturated rings. The number of aromatic nitrogens is 1. The number of benzene rings is 2. The quantitative estimate of drug-likeness (QED) is 0.495. The van der Waals surface area contributed by atoms with E-state index in [0.717, 1.165) is 27.1 Å². The first kappa shape index (κ1) is 17.9. The van der Waals surface area contributed by atoms with Crippen molar-refractivity contribution in [2.24, 2.45) is 5.10 Å². The molecule has 1 amide bonds. The number of aromatic hydroxyl groups is 1. The van der Waals surface area contributed by atoms with Gasteiger partial charge in [0.25, 0.3) is 5.91 Å². The molecule has 0 saturated carbocycles. The lowest BCUT2D eigenvalue weighted by molar-refractivity contribution is 0.0952. The lowest BCUT2D eigenvalue weighted by Crippen LogP contribution is -2.17. The molecular formula is C20H18BrN3O2. The maximum Gasteiger partial charge on any atom is 0.275 e. The maximum absolute atomic E-state index is 12.1. The van der Waals surface area contributed by atoms with E-state index in [9.17, 15) is 9.90 Å². The van der Waals surface area contributed by atoms with Gasteiger partial charge >= 0.3 is 0 Å². The van der Waals surface area contributed by atoms with Crippen LogP contribution in [-0.4, -0.2) is 21.8 Å². The van der Waals surface area contributed by atoms with Crippen LogP contribution >= 0.6 is 15.9 Å². The summed E-state index contributed by atoms with van der Waals surface area (Å²) in [5.74, 6) is -0.534. The zero-order chi connectivity index (χ0) is 18.7. The Kier molecular flexibility index (Phi) is 5.23. The van der Waals surface area contributed by atoms with E-state index < -0.39 is 5.91 Å². The summed E-state index contributed by atoms with van der Waals surface area (Å²) in [4.78, 5) is 12.1. The zero-order valence-electron chi connectivity index (χ0n) is 14.4. The molecule has 3 rings (SSSR count). The van der Waals surface area contributed by atoms with E-state index in [4.69, 9.17) is 0 Å². The van der Waals surface area contributed by atoms with Crippen molar-refractivity contribution in [2.75, 3.05) is 0 Å². The smallest absolute Gasteiger partial charge is 0.275 e. The number of hydrogen-bond acceptors (Lipinski definition) is 3. The molecule has 5 nitrogen and oxygen atoms in total. The molecule has 0 saturated heterocycles. The van der Waals surface area contributed by atoms with E-state index in [1.54, 1.807) is 24.4 Å². The van der Waals surface area contributed by atoms with Crippen molar-refractivity contribution >= 4 is 28.1 Å². The van der Waals surface area contributed by atoms with E-state index in [1.165, 1.54) is 6.07 Å². The van der Waals surface area contributed by atoms with Crippen molar-refractivity contribution < 1.29 is 9.90 Å². The van der Waals surface area contributed by atoms with E-state index in [2.05, 4.69) is 31.0 Å². The molecule has 3 aromatic rings. The Hall–Kier alpha value is -2.86. The Balaban J connectivity index is 1.81. The van der Waals surface area contributed by atoms with Gasteiger partial charge in [-0.15, -0.1) is 0 Å². The minimum absolute atomic E-state index is 0.0759. The lowest BCUT2D eigenvalue weighted by atomic mass is 10.2. The highest BCUT2D eigenvalue weighted by Crippen LogP contribution is 2.22. The monoisotopic (exact) mass is 411 g/mol. The summed E-state index contributed by atoms with van der Waals surface area (Å²) >= 11 is 3.49. The summed E-state index contributed by atoms with van der Waals surface area (Å²) < 4.78 is 3.13. The van der Waals surface area contributed by atoms with Crippen LogP contribution < -0.4 is 5.43 Å². The van der Waals surface area contributed by atoms with Crippen LogP contribution in [0, 0.1) is 13.8 Å². The van der Waals surface area contributed by atoms with Crippen molar-refractivity contribution in [1.82, 2.24) is 9.99 Å². The van der Waals surface area contributed by atoms with Gasteiger partial charge in [-0.05, 0) is 50.2 Å². The summed E-state index contributed by atoms with van der Waals surface area (Å²) in [5.41, 5.74) is 6.66. The fourth-order valence-electron chi connectivity index (χ4n) is 2.82. The number of para-hydroxylation sites is 1. The summed E-state index contributed by atoms with van der Waals surface area (Å²) in [6.45, 7) is 4.02. The fourth-order valence-corrected chi connectivity index (χ4v) is 3.20. The minimum Gasteiger partial charge on any atom is -0.507 e. The molecule has 0 bridgehead atoms. The molecule has 1 aromatic heterocycles. The molecule has 6 heteroatoms. The number of phenolic OH excluding ortho intramolecular Hbond substituents is 1. The average molecular weight is 412 g/mol. The summed E-state index contributed by atoms with van der Waals surface area (Å²) in [6.07, 6.45) is 1.61. The van der Waals surface area contributed by atoms with Gasteiger partial charge in [0.15, 0.2) is 0 Å². The molecule has 0 spiro atoms. The number of carbonyl (C=O) groups excluding carboxylic acids is 1. The van der Waals surface area contributed by atoms with Crippen molar-refractivity contribution in [3.8, 4) is 11.4 Å². The van der Waals surface area contributed by atoms with Crippen LogP contribution in [0.3, 0.4) is 0 Å². The first-order valence-corrected chi connectivity index (χ1v) is 8.83. The zero-order valence-corrected chi connectivity index (χ0v) is 16.0. The molecule has 0 aliphatic heterocycles. The third-order valence-corrected chi connectivity index (χ3v) is 4.55. The van der Waals surface area contributed by atoms with Crippen molar-refractivity contribution in [2.45, 2.75) is 13.8 Å². The molecule has 132 valence electrons. The topological polar surface area (TPSA) is 66.6 Å². The molecule has 26 heavy (non-hydrogen) atoms. The predicted molar refractivity (Wildman–Crippen MR) is 106 cm³/mol. The Labute approximate surface area is 160 Å². The summed E-state index contributed by atoms with van der Waals surface area (Å²) in [6, 6.07) is 16.4. The van der Waals surface area contributed by atoms with Gasteiger partial charge in [0.2, 0.25) is 0 Å². The summed E-state index contributed by atoms with van der Waals surface area (Å²) in [7, 11) is 0. The van der Waals surface area contributed by atoms with Gasteiger partial charge < -0.3 is 9.67 Å². The molecule has 2 aromatic carbocycles. The van der Waals surface area contributed by atoms with Gasteiger partial charge in [-0.25, -0.2) is 5.43 Å². The Morgan fingerprint density at radius 1 is 1.15 bits per heavy atom. The fraction of sp³-hybridized carbons (Fsp3) is 0.100. The summed E-state index contributed by atoms with van der Waals surface area (Å²) in [5, 5.41) is 13.7. The largest absolute Gasteiger partial charge is 0.507 e. The third-order valence-electron chi connectivity index (χ3n) is 4.06. The van der Waals surface area contributed by atoms with Crippen LogP contribution in [0.1, 0.15) is 27.3 Å². The van der Waals surface area contributed by atoms with Gasteiger partial charge in [-0.3, -0.25) is 4.79 Å². The molecule has 0 atom stereocenters. The normalized spacial score (nSPS) is 11.0. The molecule has 1 heterocycles. The number of nitrogens with zero attached hydrogens (tertiary/aromatic N) is 2. The Bertz CT molecular complexity index is 992. The van der Waals surface area contributed by atoms with Crippen LogP contribution in [0.2, 0.25) is 0 Å². The van der Waals surface area contributed by atoms with Crippen LogP contribution in [0.4, 0.5) is 0 Å². The third kappa shape index (κ3) is 3.70. The van der Waals surface area contributed by atoms with Crippen LogP contribution in [-0.2, 0) is 0 Å². The molecule has 0 radical (unpaired) electrons. The highest BCUT2D eigenvalue weighted by molar-refractivity contribution is 9.10. The van der Waals surface area contributed by atoms with E-state index in [0.29, 0.717) is 0 Å². The minimum atomic E-state index is -0.458. The van der Waals surface area contributed by atoms with Crippen molar-refractivity contribution in [3.63, 3.8) is 0 Å². The highest BCUT2D eigenvalue weighted by atomic mass is 79.9. The van der Waals surface area contributed by atoms with E-state index >= 15 is 0 Å². The van der Waals surface area contributed by atoms with Crippen LogP contribution in [0.25, 0.3) is 5.69 Å². The Morgan fingerprint density at radius 2 is 1.92 bits per heavy atom. The molecule has 0 unspecified atom stereocenters. The number of hydrazone groups is 1. The number of rotatable bonds is 4. The van der Waals surface area contributed by atoms with Crippen molar-refractivity contribution in [1.29, 1.82) is 0 Å². The van der Waals surface area contributed by atoms with E-state index in [1.807, 2.05) is 44.2 Å². The first-order chi connectivity index (χ1) is 12.5. The Morgan fingerprint density at radius 3 is 2.65 bits per heavy atom. The second-order valence-electron chi connectivity index (χ2n) is 5.86.